The summed E-state index contributed by atoms with van der Waals surface area (Å²) < 4.78 is 0. The lowest BCUT2D eigenvalue weighted by molar-refractivity contribution is -0.307. The Balaban J connectivity index is 2.76. The van der Waals surface area contributed by atoms with Crippen LogP contribution in [-0.4, -0.2) is 23.7 Å². The molecule has 0 aromatic carbocycles. The number of carbonyl (C=O) groups excluding carboxylic acids is 2. The Bertz CT molecular complexity index is 246. The fourth-order valence-electron chi connectivity index (χ4n) is 1.11. The molecule has 0 aromatic rings. The Morgan fingerprint density at radius 1 is 1.42 bits per heavy atom. The van der Waals surface area contributed by atoms with Crippen molar-refractivity contribution in [2.75, 3.05) is 0 Å². The molecule has 66 valence electrons. The van der Waals surface area contributed by atoms with E-state index in [-0.39, 0.29) is 12.1 Å². The van der Waals surface area contributed by atoms with Gasteiger partial charge in [-0.3, -0.25) is 4.99 Å². The number of carbonyl (C=O) groups is 2. The molecule has 0 N–H and O–H groups in total. The lowest BCUT2D eigenvalue weighted by Gasteiger charge is -2.21. The van der Waals surface area contributed by atoms with Crippen molar-refractivity contribution in [3.8, 4) is 0 Å². The smallest absolute Gasteiger partial charge is 0.0897 e. The van der Waals surface area contributed by atoms with Crippen LogP contribution in [0.5, 0.6) is 0 Å². The minimum Gasteiger partial charge on any atom is -0.548 e. The molecule has 5 heteroatoms. The van der Waals surface area contributed by atoms with Gasteiger partial charge in [0.05, 0.1) is 23.7 Å². The zero-order chi connectivity index (χ0) is 9.14. The zero-order valence-corrected chi connectivity index (χ0v) is 6.28. The molecule has 1 aliphatic rings. The molecule has 0 bridgehead atoms. The second-order valence-electron chi connectivity index (χ2n) is 2.59. The van der Waals surface area contributed by atoms with Crippen LogP contribution in [0.4, 0.5) is 0 Å². The Hall–Kier alpha value is -1.39. The van der Waals surface area contributed by atoms with Gasteiger partial charge in [0.25, 0.3) is 0 Å². The second kappa shape index (κ2) is 3.34. The average molecular weight is 169 g/mol. The molecule has 0 aromatic heterocycles. The first-order chi connectivity index (χ1) is 5.61. The van der Waals surface area contributed by atoms with Gasteiger partial charge in [0.2, 0.25) is 0 Å². The Morgan fingerprint density at radius 3 is 2.58 bits per heavy atom. The molecule has 0 amide bonds. The molecule has 0 radical (unpaired) electrons. The zero-order valence-electron chi connectivity index (χ0n) is 6.28. The fraction of sp³-hybridized carbons (Fsp3) is 0.571. The van der Waals surface area contributed by atoms with E-state index in [0.29, 0.717) is 12.8 Å². The SMILES string of the molecule is O=C([O-])C1=N[C@@H](C(=O)[O-])CCC1. The van der Waals surface area contributed by atoms with Gasteiger partial charge in [-0.1, -0.05) is 0 Å². The van der Waals surface area contributed by atoms with Gasteiger partial charge in [0.15, 0.2) is 0 Å². The summed E-state index contributed by atoms with van der Waals surface area (Å²) in [5.41, 5.74) is -0.171. The molecule has 0 fully saturated rings. The summed E-state index contributed by atoms with van der Waals surface area (Å²) in [6, 6.07) is -1.01. The third-order valence-corrected chi connectivity index (χ3v) is 1.71. The maximum absolute atomic E-state index is 10.3. The van der Waals surface area contributed by atoms with Gasteiger partial charge < -0.3 is 19.8 Å². The van der Waals surface area contributed by atoms with E-state index in [0.717, 1.165) is 0 Å². The fourth-order valence-corrected chi connectivity index (χ4v) is 1.11. The number of rotatable bonds is 2. The highest BCUT2D eigenvalue weighted by atomic mass is 16.4. The number of aliphatic imine (C=N–C) groups is 1. The second-order valence-corrected chi connectivity index (χ2v) is 2.59. The van der Waals surface area contributed by atoms with Crippen molar-refractivity contribution in [1.29, 1.82) is 0 Å². The number of aliphatic carboxylic acids is 2. The first-order valence-corrected chi connectivity index (χ1v) is 3.60. The van der Waals surface area contributed by atoms with Crippen LogP contribution in [0.3, 0.4) is 0 Å². The van der Waals surface area contributed by atoms with E-state index in [1.807, 2.05) is 0 Å². The average Bonchev–Trinajstić information content (AvgIpc) is 2.04. The van der Waals surface area contributed by atoms with Gasteiger partial charge in [-0.25, -0.2) is 0 Å². The van der Waals surface area contributed by atoms with E-state index in [9.17, 15) is 19.8 Å². The van der Waals surface area contributed by atoms with Crippen molar-refractivity contribution in [1.82, 2.24) is 0 Å². The van der Waals surface area contributed by atoms with Crippen molar-refractivity contribution in [2.45, 2.75) is 25.3 Å². The van der Waals surface area contributed by atoms with Crippen LogP contribution in [0.1, 0.15) is 19.3 Å². The van der Waals surface area contributed by atoms with E-state index in [2.05, 4.69) is 4.99 Å². The molecule has 1 aliphatic heterocycles. The molecule has 1 atom stereocenters. The topological polar surface area (TPSA) is 92.6 Å². The third-order valence-electron chi connectivity index (χ3n) is 1.71. The van der Waals surface area contributed by atoms with Crippen molar-refractivity contribution in [3.05, 3.63) is 0 Å². The van der Waals surface area contributed by atoms with Crippen LogP contribution in [0.15, 0.2) is 4.99 Å². The van der Waals surface area contributed by atoms with E-state index in [4.69, 9.17) is 0 Å². The molecule has 12 heavy (non-hydrogen) atoms. The number of hydrogen-bond acceptors (Lipinski definition) is 5. The standard InChI is InChI=1S/C7H9NO4/c9-6(10)4-2-1-3-5(8-4)7(11)12/h4H,1-3H2,(H,9,10)(H,11,12)/p-2/t4-/m1/s1. The Morgan fingerprint density at radius 2 is 2.08 bits per heavy atom. The summed E-state index contributed by atoms with van der Waals surface area (Å²) in [6.07, 6.45) is 1.14. The van der Waals surface area contributed by atoms with Gasteiger partial charge in [-0.15, -0.1) is 0 Å². The number of nitrogens with zero attached hydrogens (tertiary/aromatic N) is 1. The van der Waals surface area contributed by atoms with Crippen LogP contribution < -0.4 is 10.2 Å². The summed E-state index contributed by atoms with van der Waals surface area (Å²) >= 11 is 0. The van der Waals surface area contributed by atoms with E-state index in [1.54, 1.807) is 0 Å². The van der Waals surface area contributed by atoms with Crippen LogP contribution in [-0.2, 0) is 9.59 Å². The molecule has 5 nitrogen and oxygen atoms in total. The van der Waals surface area contributed by atoms with Crippen molar-refractivity contribution in [3.63, 3.8) is 0 Å². The molecule has 0 saturated carbocycles. The van der Waals surface area contributed by atoms with E-state index in [1.165, 1.54) is 0 Å². The largest absolute Gasteiger partial charge is 0.548 e. The quantitative estimate of drug-likeness (QED) is 0.456. The molecular formula is C7H7NO4-2. The summed E-state index contributed by atoms with van der Waals surface area (Å²) in [6.45, 7) is 0. The maximum Gasteiger partial charge on any atom is 0.0897 e. The summed E-state index contributed by atoms with van der Waals surface area (Å²) in [7, 11) is 0. The number of hydrogen-bond donors (Lipinski definition) is 0. The van der Waals surface area contributed by atoms with Crippen LogP contribution in [0.25, 0.3) is 0 Å². The molecule has 0 unspecified atom stereocenters. The molecule has 0 aliphatic carbocycles. The molecule has 0 spiro atoms. The summed E-state index contributed by atoms with van der Waals surface area (Å²) in [5, 5.41) is 20.6. The Labute approximate surface area is 68.7 Å². The minimum absolute atomic E-state index is 0.171. The predicted octanol–water partition coefficient (Wildman–Crippen LogP) is -2.52. The number of carboxylic acid groups (broad SMARTS) is 2. The monoisotopic (exact) mass is 169 g/mol. The van der Waals surface area contributed by atoms with Gasteiger partial charge in [-0.05, 0) is 19.3 Å². The lowest BCUT2D eigenvalue weighted by Crippen LogP contribution is -2.40. The summed E-state index contributed by atoms with van der Waals surface area (Å²) in [5.74, 6) is -2.71. The van der Waals surface area contributed by atoms with Gasteiger partial charge in [0.1, 0.15) is 0 Å². The van der Waals surface area contributed by atoms with Crippen LogP contribution in [0.2, 0.25) is 0 Å². The van der Waals surface area contributed by atoms with Gasteiger partial charge >= 0.3 is 0 Å². The van der Waals surface area contributed by atoms with E-state index >= 15 is 0 Å². The lowest BCUT2D eigenvalue weighted by atomic mass is 10.0. The van der Waals surface area contributed by atoms with E-state index < -0.39 is 18.0 Å². The molecule has 1 heterocycles. The van der Waals surface area contributed by atoms with Crippen LogP contribution >= 0.6 is 0 Å². The molecule has 0 saturated heterocycles. The third kappa shape index (κ3) is 1.81. The van der Waals surface area contributed by atoms with Gasteiger partial charge in [0, 0.05) is 0 Å². The highest BCUT2D eigenvalue weighted by molar-refractivity contribution is 6.35. The van der Waals surface area contributed by atoms with Crippen molar-refractivity contribution < 1.29 is 19.8 Å². The molecule has 1 rings (SSSR count). The van der Waals surface area contributed by atoms with Crippen molar-refractivity contribution >= 4 is 17.7 Å². The van der Waals surface area contributed by atoms with Crippen LogP contribution in [0, 0.1) is 0 Å². The molecular weight excluding hydrogens is 162 g/mol. The summed E-state index contributed by atoms with van der Waals surface area (Å²) in [4.78, 5) is 24.0. The van der Waals surface area contributed by atoms with Crippen molar-refractivity contribution in [2.24, 2.45) is 4.99 Å². The maximum atomic E-state index is 10.3. The predicted molar refractivity (Wildman–Crippen MR) is 35.1 cm³/mol. The Kier molecular flexibility index (Phi) is 2.42. The van der Waals surface area contributed by atoms with Gasteiger partial charge in [-0.2, -0.15) is 0 Å². The minimum atomic E-state index is -1.39. The highest BCUT2D eigenvalue weighted by Crippen LogP contribution is 2.12. The normalized spacial score (nSPS) is 23.0. The first-order valence-electron chi connectivity index (χ1n) is 3.60. The highest BCUT2D eigenvalue weighted by Gasteiger charge is 2.15. The first kappa shape index (κ1) is 8.70. The number of carboxylic acids is 2.